The Morgan fingerprint density at radius 3 is 2.61 bits per heavy atom. The Balaban J connectivity index is 2.01. The molecule has 1 aromatic heterocycles. The summed E-state index contributed by atoms with van der Waals surface area (Å²) in [4.78, 5) is 26.6. The lowest BCUT2D eigenvalue weighted by Crippen LogP contribution is -2.31. The Morgan fingerprint density at radius 1 is 1.13 bits per heavy atom. The highest BCUT2D eigenvalue weighted by Gasteiger charge is 2.41. The molecule has 23 heavy (non-hydrogen) atoms. The molecular formula is C17H15NO4S. The van der Waals surface area contributed by atoms with Crippen LogP contribution in [0.25, 0.3) is 5.57 Å². The van der Waals surface area contributed by atoms with Crippen molar-refractivity contribution in [3.63, 3.8) is 0 Å². The number of aliphatic hydroxyl groups is 1. The maximum atomic E-state index is 12.7. The smallest absolute Gasteiger partial charge is 0.301 e. The third-order valence-electron chi connectivity index (χ3n) is 3.39. The second kappa shape index (κ2) is 6.26. The van der Waals surface area contributed by atoms with E-state index < -0.39 is 17.6 Å². The molecule has 0 spiro atoms. The minimum atomic E-state index is -0.731. The molecule has 0 saturated heterocycles. The summed E-state index contributed by atoms with van der Waals surface area (Å²) in [6, 6.07) is 10.3. The van der Waals surface area contributed by atoms with Crippen LogP contribution in [0, 0.1) is 0 Å². The highest BCUT2D eigenvalue weighted by atomic mass is 32.1. The molecule has 5 nitrogen and oxygen atoms in total. The summed E-state index contributed by atoms with van der Waals surface area (Å²) in [6.07, 6.45) is 0.806. The van der Waals surface area contributed by atoms with Gasteiger partial charge in [0.15, 0.2) is 5.76 Å². The molecule has 2 aromatic rings. The molecule has 0 aliphatic carbocycles. The summed E-state index contributed by atoms with van der Waals surface area (Å²) in [5.74, 6) is -1.35. The van der Waals surface area contributed by atoms with Gasteiger partial charge in [-0.25, -0.2) is 4.90 Å². The lowest BCUT2D eigenvalue weighted by Gasteiger charge is -2.18. The van der Waals surface area contributed by atoms with Gasteiger partial charge in [0.1, 0.15) is 11.3 Å². The number of benzene rings is 1. The summed E-state index contributed by atoms with van der Waals surface area (Å²) in [5.41, 5.74) is 0.379. The van der Waals surface area contributed by atoms with Gasteiger partial charge >= 0.3 is 5.91 Å². The number of hydrogen-bond donors (Lipinski definition) is 1. The van der Waals surface area contributed by atoms with Crippen molar-refractivity contribution in [3.05, 3.63) is 52.4 Å². The maximum Gasteiger partial charge on any atom is 0.301 e. The standard InChI is InChI=1S/C17H15NO4S/c1-2-9-22-12-7-4-3-6-11(12)18-16(20)14(15(19)17(18)21)13-8-5-10-23-13/h3-8,10,19H,2,9H2,1H3. The van der Waals surface area contributed by atoms with E-state index in [1.54, 1.807) is 41.8 Å². The van der Waals surface area contributed by atoms with Crippen molar-refractivity contribution in [2.24, 2.45) is 0 Å². The average Bonchev–Trinajstić information content (AvgIpc) is 3.14. The van der Waals surface area contributed by atoms with Gasteiger partial charge in [-0.15, -0.1) is 11.3 Å². The fourth-order valence-corrected chi connectivity index (χ4v) is 3.12. The van der Waals surface area contributed by atoms with Crippen molar-refractivity contribution < 1.29 is 19.4 Å². The van der Waals surface area contributed by atoms with E-state index in [4.69, 9.17) is 4.74 Å². The van der Waals surface area contributed by atoms with Crippen LogP contribution in [0.15, 0.2) is 47.5 Å². The quantitative estimate of drug-likeness (QED) is 0.854. The molecule has 0 radical (unpaired) electrons. The molecule has 3 rings (SSSR count). The first-order valence-electron chi connectivity index (χ1n) is 7.23. The van der Waals surface area contributed by atoms with Crippen molar-refractivity contribution >= 4 is 34.4 Å². The lowest BCUT2D eigenvalue weighted by molar-refractivity contribution is -0.121. The summed E-state index contributed by atoms with van der Waals surface area (Å²) in [6.45, 7) is 2.45. The van der Waals surface area contributed by atoms with Gasteiger partial charge in [0.2, 0.25) is 0 Å². The van der Waals surface area contributed by atoms with Gasteiger partial charge in [-0.2, -0.15) is 0 Å². The van der Waals surface area contributed by atoms with Crippen LogP contribution >= 0.6 is 11.3 Å². The Hall–Kier alpha value is -2.60. The first-order chi connectivity index (χ1) is 11.1. The summed E-state index contributed by atoms with van der Waals surface area (Å²) in [5, 5.41) is 11.9. The summed E-state index contributed by atoms with van der Waals surface area (Å²) in [7, 11) is 0. The highest BCUT2D eigenvalue weighted by Crippen LogP contribution is 2.37. The van der Waals surface area contributed by atoms with E-state index in [-0.39, 0.29) is 5.57 Å². The number of ether oxygens (including phenoxy) is 1. The Bertz CT molecular complexity index is 780. The van der Waals surface area contributed by atoms with Crippen LogP contribution in [-0.4, -0.2) is 23.5 Å². The van der Waals surface area contributed by atoms with E-state index in [0.29, 0.717) is 22.9 Å². The molecule has 2 heterocycles. The Morgan fingerprint density at radius 2 is 1.91 bits per heavy atom. The zero-order valence-electron chi connectivity index (χ0n) is 12.5. The zero-order chi connectivity index (χ0) is 16.4. The fourth-order valence-electron chi connectivity index (χ4n) is 2.36. The molecule has 0 bridgehead atoms. The first-order valence-corrected chi connectivity index (χ1v) is 8.10. The molecule has 1 aliphatic heterocycles. The normalized spacial score (nSPS) is 14.7. The van der Waals surface area contributed by atoms with Gasteiger partial charge in [0.05, 0.1) is 12.3 Å². The van der Waals surface area contributed by atoms with E-state index in [2.05, 4.69) is 0 Å². The molecule has 1 aromatic carbocycles. The molecule has 0 atom stereocenters. The van der Waals surface area contributed by atoms with Crippen LogP contribution in [0.5, 0.6) is 5.75 Å². The molecule has 0 fully saturated rings. The van der Waals surface area contributed by atoms with Gasteiger partial charge in [-0.05, 0) is 30.0 Å². The van der Waals surface area contributed by atoms with Crippen molar-refractivity contribution in [2.45, 2.75) is 13.3 Å². The number of anilines is 1. The lowest BCUT2D eigenvalue weighted by atomic mass is 10.2. The third kappa shape index (κ3) is 2.61. The van der Waals surface area contributed by atoms with E-state index >= 15 is 0 Å². The monoisotopic (exact) mass is 329 g/mol. The SMILES string of the molecule is CCCOc1ccccc1N1C(=O)C(O)=C(c2cccs2)C1=O. The van der Waals surface area contributed by atoms with E-state index in [1.165, 1.54) is 11.3 Å². The molecule has 2 amide bonds. The second-order valence-corrected chi connectivity index (χ2v) is 5.91. The van der Waals surface area contributed by atoms with E-state index in [1.807, 2.05) is 6.92 Å². The van der Waals surface area contributed by atoms with E-state index in [9.17, 15) is 14.7 Å². The average molecular weight is 329 g/mol. The van der Waals surface area contributed by atoms with Gasteiger partial charge in [-0.1, -0.05) is 25.1 Å². The summed E-state index contributed by atoms with van der Waals surface area (Å²) < 4.78 is 5.61. The van der Waals surface area contributed by atoms with Crippen molar-refractivity contribution in [1.82, 2.24) is 0 Å². The first kappa shape index (κ1) is 15.3. The van der Waals surface area contributed by atoms with Crippen LogP contribution in [0.4, 0.5) is 5.69 Å². The topological polar surface area (TPSA) is 66.8 Å². The fraction of sp³-hybridized carbons (Fsp3) is 0.176. The van der Waals surface area contributed by atoms with Crippen LogP contribution in [0.3, 0.4) is 0 Å². The number of para-hydroxylation sites is 2. The zero-order valence-corrected chi connectivity index (χ0v) is 13.3. The van der Waals surface area contributed by atoms with Gasteiger partial charge in [0, 0.05) is 4.88 Å². The van der Waals surface area contributed by atoms with Crippen LogP contribution in [0.2, 0.25) is 0 Å². The minimum Gasteiger partial charge on any atom is -0.502 e. The second-order valence-electron chi connectivity index (χ2n) is 4.96. The van der Waals surface area contributed by atoms with Gasteiger partial charge in [0.25, 0.3) is 5.91 Å². The number of thiophene rings is 1. The largest absolute Gasteiger partial charge is 0.502 e. The molecular weight excluding hydrogens is 314 g/mol. The predicted octanol–water partition coefficient (Wildman–Crippen LogP) is 3.38. The van der Waals surface area contributed by atoms with Crippen molar-refractivity contribution in [3.8, 4) is 5.75 Å². The Labute approximate surface area is 137 Å². The van der Waals surface area contributed by atoms with Crippen molar-refractivity contribution in [2.75, 3.05) is 11.5 Å². The summed E-state index contributed by atoms with van der Waals surface area (Å²) >= 11 is 1.30. The number of carbonyl (C=O) groups is 2. The number of hydrogen-bond acceptors (Lipinski definition) is 5. The van der Waals surface area contributed by atoms with Crippen molar-refractivity contribution in [1.29, 1.82) is 0 Å². The number of amides is 2. The number of imide groups is 1. The van der Waals surface area contributed by atoms with Crippen LogP contribution in [-0.2, 0) is 9.59 Å². The molecule has 1 N–H and O–H groups in total. The number of rotatable bonds is 5. The van der Waals surface area contributed by atoms with Crippen LogP contribution in [0.1, 0.15) is 18.2 Å². The van der Waals surface area contributed by atoms with E-state index in [0.717, 1.165) is 11.3 Å². The number of carbonyl (C=O) groups excluding carboxylic acids is 2. The highest BCUT2D eigenvalue weighted by molar-refractivity contribution is 7.11. The minimum absolute atomic E-state index is 0.0373. The molecule has 0 unspecified atom stereocenters. The predicted molar refractivity (Wildman–Crippen MR) is 88.6 cm³/mol. The maximum absolute atomic E-state index is 12.7. The number of aliphatic hydroxyl groups excluding tert-OH is 1. The molecule has 0 saturated carbocycles. The number of nitrogens with zero attached hydrogens (tertiary/aromatic N) is 1. The van der Waals surface area contributed by atoms with Gasteiger partial charge < -0.3 is 9.84 Å². The van der Waals surface area contributed by atoms with Gasteiger partial charge in [-0.3, -0.25) is 9.59 Å². The third-order valence-corrected chi connectivity index (χ3v) is 4.28. The Kier molecular flexibility index (Phi) is 4.16. The molecule has 6 heteroatoms. The van der Waals surface area contributed by atoms with Crippen LogP contribution < -0.4 is 9.64 Å². The molecule has 118 valence electrons. The molecule has 1 aliphatic rings.